The van der Waals surface area contributed by atoms with E-state index in [2.05, 4.69) is 9.44 Å². The minimum absolute atomic E-state index is 0.175. The van der Waals surface area contributed by atoms with Crippen LogP contribution in [0.1, 0.15) is 38.8 Å². The van der Waals surface area contributed by atoms with Crippen LogP contribution in [0.3, 0.4) is 0 Å². The normalized spacial score (nSPS) is 13.8. The molecule has 2 aromatic carbocycles. The molecule has 0 aliphatic carbocycles. The number of esters is 2. The first-order chi connectivity index (χ1) is 18.8. The summed E-state index contributed by atoms with van der Waals surface area (Å²) in [5.41, 5.74) is 1.25. The van der Waals surface area contributed by atoms with Crippen molar-refractivity contribution in [2.75, 3.05) is 13.2 Å². The Bertz CT molecular complexity index is 1220. The maximum Gasteiger partial charge on any atom is 0.331 e. The van der Waals surface area contributed by atoms with Gasteiger partial charge >= 0.3 is 11.9 Å². The van der Waals surface area contributed by atoms with Gasteiger partial charge in [-0.2, -0.15) is 0 Å². The Hall–Kier alpha value is -3.06. The van der Waals surface area contributed by atoms with E-state index in [9.17, 15) is 26.4 Å². The van der Waals surface area contributed by atoms with Gasteiger partial charge < -0.3 is 9.47 Å². The molecule has 0 saturated heterocycles. The van der Waals surface area contributed by atoms with Crippen LogP contribution in [0.2, 0.25) is 0 Å². The van der Waals surface area contributed by atoms with Crippen LogP contribution >= 0.6 is 0 Å². The molecule has 0 radical (unpaired) electrons. The molecule has 10 nitrogen and oxygen atoms in total. The van der Waals surface area contributed by atoms with Gasteiger partial charge in [-0.3, -0.25) is 0 Å². The van der Waals surface area contributed by atoms with Crippen LogP contribution in [-0.2, 0) is 50.6 Å². The van der Waals surface area contributed by atoms with Gasteiger partial charge in [0.25, 0.3) is 0 Å². The summed E-state index contributed by atoms with van der Waals surface area (Å²) in [4.78, 5) is 24.3. The van der Waals surface area contributed by atoms with Crippen LogP contribution in [0.25, 0.3) is 0 Å². The number of hydrogen-bond acceptors (Lipinski definition) is 8. The molecule has 2 N–H and O–H groups in total. The quantitative estimate of drug-likeness (QED) is 0.223. The number of benzene rings is 2. The number of sulfonamides is 2. The van der Waals surface area contributed by atoms with Crippen molar-refractivity contribution in [2.45, 2.75) is 51.3 Å². The average molecular weight is 595 g/mol. The van der Waals surface area contributed by atoms with E-state index < -0.39 is 44.1 Å². The summed E-state index contributed by atoms with van der Waals surface area (Å²) in [6.45, 7) is 6.68. The molecule has 0 aliphatic heterocycles. The molecule has 2 aromatic rings. The molecule has 2 rings (SSSR count). The van der Waals surface area contributed by atoms with Gasteiger partial charge in [-0.05, 0) is 23.0 Å². The highest BCUT2D eigenvalue weighted by atomic mass is 32.2. The second-order valence-electron chi connectivity index (χ2n) is 10.0. The van der Waals surface area contributed by atoms with Gasteiger partial charge in [0, 0.05) is 12.2 Å². The summed E-state index contributed by atoms with van der Waals surface area (Å²) in [5, 5.41) is 0. The third-order valence-electron chi connectivity index (χ3n) is 5.84. The highest BCUT2D eigenvalue weighted by molar-refractivity contribution is 7.89. The fourth-order valence-electron chi connectivity index (χ4n) is 3.43. The highest BCUT2D eigenvalue weighted by Gasteiger charge is 2.24. The molecule has 12 heteroatoms. The Kier molecular flexibility index (Phi) is 13.0. The van der Waals surface area contributed by atoms with Gasteiger partial charge in [0.05, 0.1) is 23.6 Å². The maximum absolute atomic E-state index is 12.6. The summed E-state index contributed by atoms with van der Waals surface area (Å²) in [5.74, 6) is -2.48. The number of rotatable bonds is 16. The van der Waals surface area contributed by atoms with Crippen molar-refractivity contribution in [1.82, 2.24) is 9.44 Å². The van der Waals surface area contributed by atoms with E-state index in [1.165, 1.54) is 0 Å². The molecular weight excluding hydrogens is 556 g/mol. The first-order valence-electron chi connectivity index (χ1n) is 12.9. The molecule has 0 aromatic heterocycles. The van der Waals surface area contributed by atoms with Crippen LogP contribution in [0, 0.1) is 11.8 Å². The van der Waals surface area contributed by atoms with Crippen molar-refractivity contribution in [1.29, 1.82) is 0 Å². The van der Waals surface area contributed by atoms with Crippen molar-refractivity contribution < 1.29 is 35.9 Å². The van der Waals surface area contributed by atoms with Crippen LogP contribution < -0.4 is 9.44 Å². The fourth-order valence-corrected chi connectivity index (χ4v) is 6.47. The molecule has 40 heavy (non-hydrogen) atoms. The number of carbonyl (C=O) groups is 2. The first-order valence-corrected chi connectivity index (χ1v) is 16.2. The van der Waals surface area contributed by atoms with Crippen LogP contribution in [0.15, 0.2) is 72.8 Å². The Morgan fingerprint density at radius 1 is 0.650 bits per heavy atom. The lowest BCUT2D eigenvalue weighted by atomic mass is 10.1. The predicted molar refractivity (Wildman–Crippen MR) is 153 cm³/mol. The second kappa shape index (κ2) is 15.7. The van der Waals surface area contributed by atoms with Gasteiger partial charge in [-0.15, -0.1) is 0 Å². The van der Waals surface area contributed by atoms with E-state index in [-0.39, 0.29) is 36.6 Å². The highest BCUT2D eigenvalue weighted by Crippen LogP contribution is 2.11. The van der Waals surface area contributed by atoms with Crippen LogP contribution in [-0.4, -0.2) is 54.1 Å². The van der Waals surface area contributed by atoms with Gasteiger partial charge in [0.15, 0.2) is 0 Å². The first kappa shape index (κ1) is 33.1. The summed E-state index contributed by atoms with van der Waals surface area (Å²) in [7, 11) is -7.38. The lowest BCUT2D eigenvalue weighted by Crippen LogP contribution is -2.42. The summed E-state index contributed by atoms with van der Waals surface area (Å²) < 4.78 is 65.6. The lowest BCUT2D eigenvalue weighted by molar-refractivity contribution is -0.141. The molecule has 0 amide bonds. The molecule has 0 fully saturated rings. The molecule has 0 spiro atoms. The Labute approximate surface area is 237 Å². The number of nitrogens with one attached hydrogen (secondary N) is 2. The molecule has 2 atom stereocenters. The zero-order chi connectivity index (χ0) is 29.8. The van der Waals surface area contributed by atoms with Gasteiger partial charge in [-0.25, -0.2) is 35.9 Å². The standard InChI is InChI=1S/C28H38N2O8S2/c1-21(2)25(29-39(33,34)19-23-11-7-5-8-12-23)17-37-27(31)15-16-28(32)38-18-26(22(3)4)30-40(35,36)20-24-13-9-6-10-14-24/h5-16,21-22,25-26,29-30H,17-20H2,1-4H3/b16-15+/t25-,26-/m1/s1. The van der Waals surface area contributed by atoms with E-state index in [0.717, 1.165) is 12.2 Å². The summed E-state index contributed by atoms with van der Waals surface area (Å²) in [6.07, 6.45) is 1.75. The Morgan fingerprint density at radius 2 is 0.975 bits per heavy atom. The molecule has 0 heterocycles. The van der Waals surface area contributed by atoms with Crippen molar-refractivity contribution in [3.05, 3.63) is 83.9 Å². The predicted octanol–water partition coefficient (Wildman–Crippen LogP) is 2.92. The summed E-state index contributed by atoms with van der Waals surface area (Å²) in [6, 6.07) is 16.0. The molecule has 0 bridgehead atoms. The lowest BCUT2D eigenvalue weighted by Gasteiger charge is -2.22. The van der Waals surface area contributed by atoms with Crippen molar-refractivity contribution in [2.24, 2.45) is 11.8 Å². The minimum Gasteiger partial charge on any atom is -0.461 e. The van der Waals surface area contributed by atoms with Crippen molar-refractivity contribution >= 4 is 32.0 Å². The van der Waals surface area contributed by atoms with E-state index in [4.69, 9.17) is 9.47 Å². The number of carbonyl (C=O) groups excluding carboxylic acids is 2. The van der Waals surface area contributed by atoms with Crippen molar-refractivity contribution in [3.8, 4) is 0 Å². The van der Waals surface area contributed by atoms with E-state index in [1.54, 1.807) is 88.4 Å². The maximum atomic E-state index is 12.6. The number of hydrogen-bond donors (Lipinski definition) is 2. The van der Waals surface area contributed by atoms with Crippen LogP contribution in [0.4, 0.5) is 0 Å². The van der Waals surface area contributed by atoms with E-state index in [0.29, 0.717) is 11.1 Å². The largest absolute Gasteiger partial charge is 0.461 e. The second-order valence-corrected chi connectivity index (χ2v) is 13.5. The van der Waals surface area contributed by atoms with Crippen LogP contribution in [0.5, 0.6) is 0 Å². The third-order valence-corrected chi connectivity index (χ3v) is 8.59. The molecule has 0 aliphatic rings. The fraction of sp³-hybridized carbons (Fsp3) is 0.429. The smallest absolute Gasteiger partial charge is 0.331 e. The van der Waals surface area contributed by atoms with E-state index in [1.807, 2.05) is 0 Å². The molecule has 0 saturated carbocycles. The van der Waals surface area contributed by atoms with Crippen molar-refractivity contribution in [3.63, 3.8) is 0 Å². The zero-order valence-corrected chi connectivity index (χ0v) is 24.8. The van der Waals surface area contributed by atoms with E-state index >= 15 is 0 Å². The topological polar surface area (TPSA) is 145 Å². The van der Waals surface area contributed by atoms with Gasteiger partial charge in [-0.1, -0.05) is 88.4 Å². The minimum atomic E-state index is -3.69. The summed E-state index contributed by atoms with van der Waals surface area (Å²) >= 11 is 0. The van der Waals surface area contributed by atoms with Gasteiger partial charge in [0.1, 0.15) is 13.2 Å². The molecular formula is C28H38N2O8S2. The third kappa shape index (κ3) is 12.9. The number of ether oxygens (including phenoxy) is 2. The van der Waals surface area contributed by atoms with Gasteiger partial charge in [0.2, 0.25) is 20.0 Å². The SMILES string of the molecule is CC(C)[C@@H](COC(=O)/C=C/C(=O)OC[C@@H](NS(=O)(=O)Cc1ccccc1)C(C)C)NS(=O)(=O)Cc1ccccc1. The average Bonchev–Trinajstić information content (AvgIpc) is 2.88. The molecule has 0 unspecified atom stereocenters. The molecule has 220 valence electrons. The zero-order valence-electron chi connectivity index (χ0n) is 23.1. The Morgan fingerprint density at radius 3 is 1.27 bits per heavy atom. The monoisotopic (exact) mass is 594 g/mol. The Balaban J connectivity index is 1.84.